The van der Waals surface area contributed by atoms with Crippen LogP contribution < -0.4 is 0 Å². The SMILES string of the molecule is COC(=O)c1ncn(-c2nncs2)n1. The molecule has 0 bridgehead atoms. The van der Waals surface area contributed by atoms with Crippen molar-refractivity contribution in [3.05, 3.63) is 17.7 Å². The molecule has 0 aliphatic heterocycles. The van der Waals surface area contributed by atoms with Crippen molar-refractivity contribution in [2.75, 3.05) is 7.11 Å². The largest absolute Gasteiger partial charge is 0.463 e. The van der Waals surface area contributed by atoms with Gasteiger partial charge in [0.25, 0.3) is 5.82 Å². The van der Waals surface area contributed by atoms with Crippen LogP contribution in [0.1, 0.15) is 10.6 Å². The molecule has 0 spiro atoms. The van der Waals surface area contributed by atoms with Crippen molar-refractivity contribution in [2.24, 2.45) is 0 Å². The van der Waals surface area contributed by atoms with E-state index in [0.29, 0.717) is 5.13 Å². The molecule has 0 N–H and O–H groups in total. The molecule has 7 nitrogen and oxygen atoms in total. The number of carbonyl (C=O) groups is 1. The number of ether oxygens (including phenoxy) is 1. The van der Waals surface area contributed by atoms with Gasteiger partial charge < -0.3 is 4.74 Å². The monoisotopic (exact) mass is 211 g/mol. The van der Waals surface area contributed by atoms with Gasteiger partial charge in [-0.15, -0.1) is 15.3 Å². The zero-order valence-electron chi connectivity index (χ0n) is 7.12. The third-order valence-electron chi connectivity index (χ3n) is 1.40. The van der Waals surface area contributed by atoms with Crippen LogP contribution in [0.4, 0.5) is 0 Å². The molecule has 0 unspecified atom stereocenters. The lowest BCUT2D eigenvalue weighted by Gasteiger charge is -1.91. The minimum Gasteiger partial charge on any atom is -0.463 e. The molecular formula is C6H5N5O2S. The van der Waals surface area contributed by atoms with Gasteiger partial charge in [0.05, 0.1) is 7.11 Å². The number of aromatic nitrogens is 5. The van der Waals surface area contributed by atoms with E-state index >= 15 is 0 Å². The van der Waals surface area contributed by atoms with E-state index in [9.17, 15) is 4.79 Å². The number of carbonyl (C=O) groups excluding carboxylic acids is 1. The summed E-state index contributed by atoms with van der Waals surface area (Å²) in [6.45, 7) is 0. The van der Waals surface area contributed by atoms with E-state index in [0.717, 1.165) is 0 Å². The molecule has 14 heavy (non-hydrogen) atoms. The Morgan fingerprint density at radius 3 is 3.14 bits per heavy atom. The summed E-state index contributed by atoms with van der Waals surface area (Å²) < 4.78 is 5.82. The number of hydrogen-bond donors (Lipinski definition) is 0. The van der Waals surface area contributed by atoms with Crippen LogP contribution in [0.15, 0.2) is 11.8 Å². The van der Waals surface area contributed by atoms with E-state index in [1.165, 1.54) is 29.5 Å². The maximum absolute atomic E-state index is 11.0. The van der Waals surface area contributed by atoms with Crippen molar-refractivity contribution in [1.82, 2.24) is 25.0 Å². The first kappa shape index (κ1) is 8.75. The van der Waals surface area contributed by atoms with Crippen molar-refractivity contribution < 1.29 is 9.53 Å². The first-order valence-electron chi connectivity index (χ1n) is 3.58. The van der Waals surface area contributed by atoms with E-state index in [1.807, 2.05) is 0 Å². The van der Waals surface area contributed by atoms with Crippen molar-refractivity contribution in [1.29, 1.82) is 0 Å². The van der Waals surface area contributed by atoms with Gasteiger partial charge in [0.2, 0.25) is 5.13 Å². The number of rotatable bonds is 2. The van der Waals surface area contributed by atoms with E-state index in [4.69, 9.17) is 0 Å². The molecule has 2 aromatic rings. The summed E-state index contributed by atoms with van der Waals surface area (Å²) in [4.78, 5) is 14.8. The van der Waals surface area contributed by atoms with Crippen LogP contribution >= 0.6 is 11.3 Å². The number of esters is 1. The molecule has 0 aliphatic rings. The smallest absolute Gasteiger partial charge is 0.377 e. The molecule has 72 valence electrons. The number of nitrogens with zero attached hydrogens (tertiary/aromatic N) is 5. The van der Waals surface area contributed by atoms with Crippen LogP contribution in [0.25, 0.3) is 5.13 Å². The summed E-state index contributed by atoms with van der Waals surface area (Å²) in [5.74, 6) is -0.573. The van der Waals surface area contributed by atoms with E-state index in [2.05, 4.69) is 25.0 Å². The highest BCUT2D eigenvalue weighted by Gasteiger charge is 2.12. The second kappa shape index (κ2) is 3.50. The van der Waals surface area contributed by atoms with Gasteiger partial charge in [0, 0.05) is 0 Å². The van der Waals surface area contributed by atoms with Gasteiger partial charge in [-0.25, -0.2) is 9.78 Å². The topological polar surface area (TPSA) is 82.8 Å². The summed E-state index contributed by atoms with van der Waals surface area (Å²) in [5, 5.41) is 11.8. The standard InChI is InChI=1S/C6H5N5O2S/c1-13-5(12)4-7-2-11(10-4)6-9-8-3-14-6/h2-3H,1H3. The Hall–Kier alpha value is -1.83. The fraction of sp³-hybridized carbons (Fsp3) is 0.167. The Labute approximate surface area is 82.4 Å². The summed E-state index contributed by atoms with van der Waals surface area (Å²) in [5.41, 5.74) is 1.56. The highest BCUT2D eigenvalue weighted by molar-refractivity contribution is 7.11. The van der Waals surface area contributed by atoms with Crippen molar-refractivity contribution in [2.45, 2.75) is 0 Å². The molecular weight excluding hydrogens is 206 g/mol. The Balaban J connectivity index is 2.31. The van der Waals surface area contributed by atoms with Gasteiger partial charge in [0.15, 0.2) is 0 Å². The van der Waals surface area contributed by atoms with Crippen LogP contribution in [0.2, 0.25) is 0 Å². The van der Waals surface area contributed by atoms with E-state index in [-0.39, 0.29) is 5.82 Å². The van der Waals surface area contributed by atoms with Crippen LogP contribution in [0.3, 0.4) is 0 Å². The predicted octanol–water partition coefficient (Wildman–Crippen LogP) is -0.0946. The summed E-state index contributed by atoms with van der Waals surface area (Å²) in [6.07, 6.45) is 1.38. The zero-order valence-corrected chi connectivity index (χ0v) is 7.93. The first-order chi connectivity index (χ1) is 6.81. The zero-order chi connectivity index (χ0) is 9.97. The molecule has 2 heterocycles. The Kier molecular flexibility index (Phi) is 2.19. The highest BCUT2D eigenvalue weighted by Crippen LogP contribution is 2.06. The Morgan fingerprint density at radius 1 is 1.64 bits per heavy atom. The molecule has 0 aromatic carbocycles. The second-order valence-electron chi connectivity index (χ2n) is 2.23. The number of hydrogen-bond acceptors (Lipinski definition) is 7. The fourth-order valence-corrected chi connectivity index (χ4v) is 1.29. The molecule has 0 aliphatic carbocycles. The average molecular weight is 211 g/mol. The molecule has 0 saturated carbocycles. The molecule has 0 saturated heterocycles. The van der Waals surface area contributed by atoms with Crippen LogP contribution in [0.5, 0.6) is 0 Å². The fourth-order valence-electron chi connectivity index (χ4n) is 0.807. The van der Waals surface area contributed by atoms with Crippen LogP contribution in [0, 0.1) is 0 Å². The quantitative estimate of drug-likeness (QED) is 0.645. The Bertz CT molecular complexity index is 437. The van der Waals surface area contributed by atoms with Gasteiger partial charge in [-0.1, -0.05) is 11.3 Å². The molecule has 0 fully saturated rings. The van der Waals surface area contributed by atoms with Crippen LogP contribution in [-0.4, -0.2) is 38.0 Å². The van der Waals surface area contributed by atoms with Crippen LogP contribution in [-0.2, 0) is 4.74 Å². The van der Waals surface area contributed by atoms with Gasteiger partial charge >= 0.3 is 5.97 Å². The minimum atomic E-state index is -0.576. The van der Waals surface area contributed by atoms with Gasteiger partial charge in [-0.05, 0) is 0 Å². The van der Waals surface area contributed by atoms with Crippen molar-refractivity contribution >= 4 is 17.3 Å². The highest BCUT2D eigenvalue weighted by atomic mass is 32.1. The molecule has 0 radical (unpaired) electrons. The molecule has 0 atom stereocenters. The van der Waals surface area contributed by atoms with E-state index < -0.39 is 5.97 Å². The maximum Gasteiger partial charge on any atom is 0.377 e. The third kappa shape index (κ3) is 1.46. The summed E-state index contributed by atoms with van der Waals surface area (Å²) in [6, 6.07) is 0. The normalized spacial score (nSPS) is 10.1. The van der Waals surface area contributed by atoms with Crippen molar-refractivity contribution in [3.63, 3.8) is 0 Å². The van der Waals surface area contributed by atoms with Gasteiger partial charge in [-0.3, -0.25) is 0 Å². The molecule has 2 rings (SSSR count). The number of methoxy groups -OCH3 is 1. The second-order valence-corrected chi connectivity index (χ2v) is 3.04. The summed E-state index contributed by atoms with van der Waals surface area (Å²) in [7, 11) is 1.27. The lowest BCUT2D eigenvalue weighted by molar-refractivity contribution is 0.0587. The van der Waals surface area contributed by atoms with Gasteiger partial charge in [0.1, 0.15) is 11.8 Å². The summed E-state index contributed by atoms with van der Waals surface area (Å²) >= 11 is 1.29. The van der Waals surface area contributed by atoms with Crippen molar-refractivity contribution in [3.8, 4) is 5.13 Å². The molecule has 8 heteroatoms. The molecule has 0 amide bonds. The predicted molar refractivity (Wildman–Crippen MR) is 46.2 cm³/mol. The Morgan fingerprint density at radius 2 is 2.50 bits per heavy atom. The average Bonchev–Trinajstić information content (AvgIpc) is 2.86. The minimum absolute atomic E-state index is 0.00250. The lowest BCUT2D eigenvalue weighted by Crippen LogP contribution is -2.05. The van der Waals surface area contributed by atoms with Gasteiger partial charge in [-0.2, -0.15) is 4.68 Å². The molecule has 2 aromatic heterocycles. The maximum atomic E-state index is 11.0. The lowest BCUT2D eigenvalue weighted by atomic mass is 10.6. The van der Waals surface area contributed by atoms with E-state index in [1.54, 1.807) is 5.51 Å². The third-order valence-corrected chi connectivity index (χ3v) is 2.08. The first-order valence-corrected chi connectivity index (χ1v) is 4.45.